The molecule has 1 atom stereocenters. The van der Waals surface area contributed by atoms with E-state index in [4.69, 9.17) is 9.84 Å². The van der Waals surface area contributed by atoms with Gasteiger partial charge in [0, 0.05) is 0 Å². The molecule has 1 aromatic carbocycles. The van der Waals surface area contributed by atoms with E-state index >= 15 is 0 Å². The van der Waals surface area contributed by atoms with E-state index in [1.807, 2.05) is 0 Å². The number of ether oxygens (including phenoxy) is 1. The standard InChI is InChI=1S/C17H23NO5/c1-17(2,3)23-16(22)18-15-11(5-4-6-13(15)19)12(9-14(20)21)10-7-8-10/h4-6,10,12,19H,7-9H2,1-3H3,(H,18,22)(H,20,21). The maximum Gasteiger partial charge on any atom is 0.412 e. The molecule has 0 saturated heterocycles. The summed E-state index contributed by atoms with van der Waals surface area (Å²) in [6.07, 6.45) is 1.21. The highest BCUT2D eigenvalue weighted by Gasteiger charge is 2.36. The molecule has 1 aliphatic rings. The Balaban J connectivity index is 2.28. The van der Waals surface area contributed by atoms with Crippen LogP contribution in [0.15, 0.2) is 18.2 Å². The van der Waals surface area contributed by atoms with Crippen molar-refractivity contribution in [3.8, 4) is 5.75 Å². The molecule has 23 heavy (non-hydrogen) atoms. The summed E-state index contributed by atoms with van der Waals surface area (Å²) < 4.78 is 5.21. The van der Waals surface area contributed by atoms with Gasteiger partial charge in [-0.25, -0.2) is 4.79 Å². The third-order valence-corrected chi connectivity index (χ3v) is 3.69. The Bertz CT molecular complexity index is 601. The number of anilines is 1. The maximum absolute atomic E-state index is 12.0. The summed E-state index contributed by atoms with van der Waals surface area (Å²) in [5.74, 6) is -0.950. The van der Waals surface area contributed by atoms with Crippen molar-refractivity contribution in [2.75, 3.05) is 5.32 Å². The van der Waals surface area contributed by atoms with Gasteiger partial charge in [0.2, 0.25) is 0 Å². The fraction of sp³-hybridized carbons (Fsp3) is 0.529. The van der Waals surface area contributed by atoms with Gasteiger partial charge < -0.3 is 14.9 Å². The van der Waals surface area contributed by atoms with Gasteiger partial charge in [-0.2, -0.15) is 0 Å². The zero-order valence-corrected chi connectivity index (χ0v) is 13.6. The van der Waals surface area contributed by atoms with E-state index < -0.39 is 17.7 Å². The second-order valence-corrected chi connectivity index (χ2v) is 6.91. The average molecular weight is 321 g/mol. The molecule has 0 aromatic heterocycles. The molecule has 126 valence electrons. The molecule has 1 unspecified atom stereocenters. The summed E-state index contributed by atoms with van der Waals surface area (Å²) in [7, 11) is 0. The first-order valence-corrected chi connectivity index (χ1v) is 7.71. The van der Waals surface area contributed by atoms with Gasteiger partial charge in [0.25, 0.3) is 0 Å². The molecule has 2 rings (SSSR count). The number of phenolic OH excluding ortho intramolecular Hbond substituents is 1. The number of phenols is 1. The Morgan fingerprint density at radius 3 is 2.52 bits per heavy atom. The van der Waals surface area contributed by atoms with E-state index in [1.165, 1.54) is 6.07 Å². The molecule has 1 aliphatic carbocycles. The number of nitrogens with one attached hydrogen (secondary N) is 1. The van der Waals surface area contributed by atoms with Crippen LogP contribution in [0.1, 0.15) is 51.5 Å². The number of rotatable bonds is 5. The summed E-state index contributed by atoms with van der Waals surface area (Å²) in [5.41, 5.74) is 0.215. The van der Waals surface area contributed by atoms with Gasteiger partial charge in [-0.05, 0) is 57.1 Å². The predicted molar refractivity (Wildman–Crippen MR) is 85.7 cm³/mol. The second-order valence-electron chi connectivity index (χ2n) is 6.91. The smallest absolute Gasteiger partial charge is 0.412 e. The van der Waals surface area contributed by atoms with Gasteiger partial charge in [0.1, 0.15) is 11.4 Å². The van der Waals surface area contributed by atoms with Crippen molar-refractivity contribution in [1.82, 2.24) is 0 Å². The minimum atomic E-state index is -0.895. The average Bonchev–Trinajstić information content (AvgIpc) is 3.20. The molecule has 0 bridgehead atoms. The number of benzene rings is 1. The van der Waals surface area contributed by atoms with E-state index in [2.05, 4.69) is 5.32 Å². The van der Waals surface area contributed by atoms with Crippen molar-refractivity contribution in [3.05, 3.63) is 23.8 Å². The van der Waals surface area contributed by atoms with E-state index in [9.17, 15) is 14.7 Å². The molecule has 3 N–H and O–H groups in total. The van der Waals surface area contributed by atoms with E-state index in [-0.39, 0.29) is 29.7 Å². The topological polar surface area (TPSA) is 95.9 Å². The van der Waals surface area contributed by atoms with Crippen molar-refractivity contribution in [2.24, 2.45) is 5.92 Å². The maximum atomic E-state index is 12.0. The number of carboxylic acids is 1. The van der Waals surface area contributed by atoms with Crippen LogP contribution >= 0.6 is 0 Å². The molecule has 1 aromatic rings. The number of hydrogen-bond acceptors (Lipinski definition) is 4. The van der Waals surface area contributed by atoms with Crippen LogP contribution in [0, 0.1) is 5.92 Å². The Labute approximate surface area is 135 Å². The molecule has 1 fully saturated rings. The molecule has 6 heteroatoms. The van der Waals surface area contributed by atoms with Gasteiger partial charge >= 0.3 is 12.1 Å². The molecule has 0 radical (unpaired) electrons. The van der Waals surface area contributed by atoms with E-state index in [1.54, 1.807) is 32.9 Å². The first kappa shape index (κ1) is 17.1. The Morgan fingerprint density at radius 2 is 2.00 bits per heavy atom. The number of carbonyl (C=O) groups excluding carboxylic acids is 1. The normalized spacial score (nSPS) is 15.8. The highest BCUT2D eigenvalue weighted by Crippen LogP contribution is 2.48. The Morgan fingerprint density at radius 1 is 1.35 bits per heavy atom. The molecule has 1 saturated carbocycles. The summed E-state index contributed by atoms with van der Waals surface area (Å²) in [4.78, 5) is 23.1. The van der Waals surface area contributed by atoms with E-state index in [0.29, 0.717) is 5.56 Å². The van der Waals surface area contributed by atoms with Crippen LogP contribution in [0.2, 0.25) is 0 Å². The van der Waals surface area contributed by atoms with Crippen LogP contribution < -0.4 is 5.32 Å². The summed E-state index contributed by atoms with van der Waals surface area (Å²) in [6, 6.07) is 4.86. The highest BCUT2D eigenvalue weighted by molar-refractivity contribution is 5.88. The van der Waals surface area contributed by atoms with E-state index in [0.717, 1.165) is 12.8 Å². The minimum Gasteiger partial charge on any atom is -0.506 e. The Kier molecular flexibility index (Phi) is 4.82. The number of amides is 1. The molecule has 0 heterocycles. The lowest BCUT2D eigenvalue weighted by Gasteiger charge is -2.23. The molecule has 1 amide bonds. The first-order valence-electron chi connectivity index (χ1n) is 7.71. The summed E-state index contributed by atoms with van der Waals surface area (Å²) in [5, 5.41) is 21.8. The van der Waals surface area contributed by atoms with Crippen molar-refractivity contribution in [3.63, 3.8) is 0 Å². The molecular weight excluding hydrogens is 298 g/mol. The van der Waals surface area contributed by atoms with Crippen LogP contribution in [0.25, 0.3) is 0 Å². The lowest BCUT2D eigenvalue weighted by atomic mass is 9.89. The molecule has 0 aliphatic heterocycles. The van der Waals surface area contributed by atoms with Gasteiger partial charge in [0.15, 0.2) is 0 Å². The van der Waals surface area contributed by atoms with Gasteiger partial charge in [0.05, 0.1) is 12.1 Å². The minimum absolute atomic E-state index is 0.0306. The quantitative estimate of drug-likeness (QED) is 0.718. The van der Waals surface area contributed by atoms with Crippen molar-refractivity contribution in [2.45, 2.75) is 51.6 Å². The van der Waals surface area contributed by atoms with Crippen molar-refractivity contribution < 1.29 is 24.5 Å². The molecular formula is C17H23NO5. The fourth-order valence-corrected chi connectivity index (χ4v) is 2.63. The monoisotopic (exact) mass is 321 g/mol. The summed E-state index contributed by atoms with van der Waals surface area (Å²) in [6.45, 7) is 5.24. The number of para-hydroxylation sites is 1. The number of aliphatic carboxylic acids is 1. The van der Waals surface area contributed by atoms with Crippen molar-refractivity contribution in [1.29, 1.82) is 0 Å². The van der Waals surface area contributed by atoms with Crippen LogP contribution in [0.3, 0.4) is 0 Å². The predicted octanol–water partition coefficient (Wildman–Crippen LogP) is 3.71. The second kappa shape index (κ2) is 6.48. The third-order valence-electron chi connectivity index (χ3n) is 3.69. The zero-order valence-electron chi connectivity index (χ0n) is 13.6. The lowest BCUT2D eigenvalue weighted by molar-refractivity contribution is -0.137. The zero-order chi connectivity index (χ0) is 17.2. The fourth-order valence-electron chi connectivity index (χ4n) is 2.63. The van der Waals surface area contributed by atoms with Crippen LogP contribution in [0.5, 0.6) is 5.75 Å². The summed E-state index contributed by atoms with van der Waals surface area (Å²) >= 11 is 0. The largest absolute Gasteiger partial charge is 0.506 e. The number of carboxylic acid groups (broad SMARTS) is 1. The van der Waals surface area contributed by atoms with Crippen LogP contribution in [0.4, 0.5) is 10.5 Å². The SMILES string of the molecule is CC(C)(C)OC(=O)Nc1c(O)cccc1C(CC(=O)O)C1CC1. The first-order chi connectivity index (χ1) is 10.7. The lowest BCUT2D eigenvalue weighted by Crippen LogP contribution is -2.27. The number of carbonyl (C=O) groups is 2. The number of hydrogen-bond donors (Lipinski definition) is 3. The van der Waals surface area contributed by atoms with Gasteiger partial charge in [-0.15, -0.1) is 0 Å². The van der Waals surface area contributed by atoms with Crippen molar-refractivity contribution >= 4 is 17.7 Å². The Hall–Kier alpha value is -2.24. The van der Waals surface area contributed by atoms with Gasteiger partial charge in [-0.3, -0.25) is 10.1 Å². The van der Waals surface area contributed by atoms with Gasteiger partial charge in [-0.1, -0.05) is 12.1 Å². The highest BCUT2D eigenvalue weighted by atomic mass is 16.6. The third kappa shape index (κ3) is 4.87. The number of aromatic hydroxyl groups is 1. The molecule has 6 nitrogen and oxygen atoms in total. The van der Waals surface area contributed by atoms with Crippen LogP contribution in [-0.2, 0) is 9.53 Å². The molecule has 0 spiro atoms. The van der Waals surface area contributed by atoms with Crippen LogP contribution in [-0.4, -0.2) is 27.9 Å².